The van der Waals surface area contributed by atoms with Gasteiger partial charge in [0.25, 0.3) is 0 Å². The lowest BCUT2D eigenvalue weighted by molar-refractivity contribution is 0.178. The van der Waals surface area contributed by atoms with E-state index in [9.17, 15) is 4.79 Å². The highest BCUT2D eigenvalue weighted by Gasteiger charge is 2.30. The van der Waals surface area contributed by atoms with Gasteiger partial charge in [-0.2, -0.15) is 5.26 Å². The number of fused-ring (bicyclic) bond motifs is 1. The summed E-state index contributed by atoms with van der Waals surface area (Å²) in [5.41, 5.74) is 2.66. The molecular weight excluding hydrogens is 216 g/mol. The number of carbonyl (C=O) groups excluding carboxylic acids is 1. The van der Waals surface area contributed by atoms with Crippen molar-refractivity contribution in [3.8, 4) is 6.07 Å². The van der Waals surface area contributed by atoms with Gasteiger partial charge in [0.2, 0.25) is 0 Å². The summed E-state index contributed by atoms with van der Waals surface area (Å²) in [5, 5.41) is 9.11. The smallest absolute Gasteiger partial charge is 0.415 e. The Hall–Kier alpha value is -2.28. The number of ether oxygens (including phenoxy) is 1. The highest BCUT2D eigenvalue weighted by Crippen LogP contribution is 2.33. The zero-order valence-corrected chi connectivity index (χ0v) is 9.68. The van der Waals surface area contributed by atoms with Crippen LogP contribution in [0.4, 0.5) is 10.5 Å². The van der Waals surface area contributed by atoms with Crippen LogP contribution in [-0.4, -0.2) is 19.2 Å². The molecule has 1 heterocycles. The number of carbonyl (C=O) groups is 1. The molecule has 1 aromatic carbocycles. The SMILES string of the molecule is COC(=O)N1c2ccccc2C(C)=CC1C#N. The molecule has 2 rings (SSSR count). The van der Waals surface area contributed by atoms with Gasteiger partial charge in [-0.05, 0) is 24.6 Å². The quantitative estimate of drug-likeness (QED) is 0.685. The minimum atomic E-state index is -0.614. The molecule has 0 saturated carbocycles. The first-order valence-corrected chi connectivity index (χ1v) is 5.23. The standard InChI is InChI=1S/C13H12N2O2/c1-9-7-10(8-14)15(13(16)17-2)12-6-4-3-5-11(9)12/h3-7,10H,1-2H3. The number of allylic oxidation sites excluding steroid dienone is 1. The molecule has 0 radical (unpaired) electrons. The molecule has 0 aliphatic carbocycles. The Morgan fingerprint density at radius 1 is 1.47 bits per heavy atom. The lowest BCUT2D eigenvalue weighted by Gasteiger charge is -2.30. The number of nitriles is 1. The van der Waals surface area contributed by atoms with E-state index in [1.165, 1.54) is 12.0 Å². The van der Waals surface area contributed by atoms with E-state index in [1.807, 2.05) is 31.2 Å². The summed E-state index contributed by atoms with van der Waals surface area (Å²) in [5.74, 6) is 0. The fourth-order valence-corrected chi connectivity index (χ4v) is 1.97. The lowest BCUT2D eigenvalue weighted by atomic mass is 9.97. The summed E-state index contributed by atoms with van der Waals surface area (Å²) in [6.45, 7) is 1.93. The Bertz CT molecular complexity index is 528. The average molecular weight is 228 g/mol. The van der Waals surface area contributed by atoms with Crippen molar-refractivity contribution in [2.75, 3.05) is 12.0 Å². The van der Waals surface area contributed by atoms with Crippen LogP contribution in [-0.2, 0) is 4.74 Å². The van der Waals surface area contributed by atoms with Gasteiger partial charge < -0.3 is 4.74 Å². The maximum Gasteiger partial charge on any atom is 0.415 e. The van der Waals surface area contributed by atoms with Crippen molar-refractivity contribution in [1.82, 2.24) is 0 Å². The lowest BCUT2D eigenvalue weighted by Crippen LogP contribution is -2.40. The molecule has 1 aliphatic rings. The molecule has 4 heteroatoms. The molecule has 4 nitrogen and oxygen atoms in total. The molecular formula is C13H12N2O2. The van der Waals surface area contributed by atoms with Crippen molar-refractivity contribution in [3.05, 3.63) is 35.9 Å². The number of amides is 1. The van der Waals surface area contributed by atoms with Crippen molar-refractivity contribution in [1.29, 1.82) is 5.26 Å². The topological polar surface area (TPSA) is 53.3 Å². The summed E-state index contributed by atoms with van der Waals surface area (Å²) < 4.78 is 4.72. The minimum absolute atomic E-state index is 0.521. The molecule has 0 N–H and O–H groups in total. The van der Waals surface area contributed by atoms with Crippen LogP contribution in [0.15, 0.2) is 30.3 Å². The fourth-order valence-electron chi connectivity index (χ4n) is 1.97. The third kappa shape index (κ3) is 1.76. The molecule has 86 valence electrons. The molecule has 1 aromatic rings. The number of rotatable bonds is 0. The third-order valence-corrected chi connectivity index (χ3v) is 2.78. The van der Waals surface area contributed by atoms with E-state index in [0.29, 0.717) is 5.69 Å². The second kappa shape index (κ2) is 4.30. The molecule has 1 unspecified atom stereocenters. The van der Waals surface area contributed by atoms with Gasteiger partial charge in [0.05, 0.1) is 18.9 Å². The number of nitrogens with zero attached hydrogens (tertiary/aromatic N) is 2. The van der Waals surface area contributed by atoms with Crippen LogP contribution in [0.5, 0.6) is 0 Å². The summed E-state index contributed by atoms with van der Waals surface area (Å²) in [6.07, 6.45) is 1.24. The Kier molecular flexibility index (Phi) is 2.84. The first-order valence-electron chi connectivity index (χ1n) is 5.23. The largest absolute Gasteiger partial charge is 0.452 e. The first kappa shape index (κ1) is 11.2. The van der Waals surface area contributed by atoms with Crippen molar-refractivity contribution >= 4 is 17.4 Å². The number of benzene rings is 1. The number of hydrogen-bond donors (Lipinski definition) is 0. The zero-order valence-electron chi connectivity index (χ0n) is 9.68. The van der Waals surface area contributed by atoms with Crippen LogP contribution in [0, 0.1) is 11.3 Å². The molecule has 0 bridgehead atoms. The second-order valence-corrected chi connectivity index (χ2v) is 3.78. The van der Waals surface area contributed by atoms with Crippen LogP contribution in [0.1, 0.15) is 12.5 Å². The summed E-state index contributed by atoms with van der Waals surface area (Å²) in [4.78, 5) is 13.1. The monoisotopic (exact) mass is 228 g/mol. The van der Waals surface area contributed by atoms with Crippen LogP contribution < -0.4 is 4.90 Å². The molecule has 1 atom stereocenters. The average Bonchev–Trinajstić information content (AvgIpc) is 2.37. The molecule has 0 fully saturated rings. The molecule has 0 aromatic heterocycles. The summed E-state index contributed by atoms with van der Waals surface area (Å²) in [6, 6.07) is 8.95. The molecule has 1 aliphatic heterocycles. The summed E-state index contributed by atoms with van der Waals surface area (Å²) in [7, 11) is 1.31. The number of methoxy groups -OCH3 is 1. The van der Waals surface area contributed by atoms with Gasteiger partial charge in [0.15, 0.2) is 0 Å². The molecule has 0 spiro atoms. The van der Waals surface area contributed by atoms with Gasteiger partial charge in [0, 0.05) is 5.56 Å². The second-order valence-electron chi connectivity index (χ2n) is 3.78. The third-order valence-electron chi connectivity index (χ3n) is 2.78. The van der Waals surface area contributed by atoms with E-state index in [1.54, 1.807) is 6.08 Å². The highest BCUT2D eigenvalue weighted by atomic mass is 16.5. The Balaban J connectivity index is 2.58. The Morgan fingerprint density at radius 3 is 2.82 bits per heavy atom. The number of anilines is 1. The predicted molar refractivity (Wildman–Crippen MR) is 64.4 cm³/mol. The van der Waals surface area contributed by atoms with Gasteiger partial charge in [-0.1, -0.05) is 18.2 Å². The Morgan fingerprint density at radius 2 is 2.18 bits per heavy atom. The fraction of sp³-hybridized carbons (Fsp3) is 0.231. The Labute approximate surface area is 99.7 Å². The van der Waals surface area contributed by atoms with E-state index < -0.39 is 12.1 Å². The van der Waals surface area contributed by atoms with Crippen LogP contribution in [0.3, 0.4) is 0 Å². The number of hydrogen-bond acceptors (Lipinski definition) is 3. The van der Waals surface area contributed by atoms with Crippen LogP contribution in [0.2, 0.25) is 0 Å². The predicted octanol–water partition coefficient (Wildman–Crippen LogP) is 2.57. The van der Waals surface area contributed by atoms with Crippen molar-refractivity contribution < 1.29 is 9.53 Å². The van der Waals surface area contributed by atoms with E-state index in [0.717, 1.165) is 11.1 Å². The van der Waals surface area contributed by atoms with Crippen LogP contribution >= 0.6 is 0 Å². The van der Waals surface area contributed by atoms with E-state index in [-0.39, 0.29) is 0 Å². The van der Waals surface area contributed by atoms with Gasteiger partial charge in [-0.15, -0.1) is 0 Å². The van der Waals surface area contributed by atoms with Crippen molar-refractivity contribution in [2.45, 2.75) is 13.0 Å². The maximum atomic E-state index is 11.7. The highest BCUT2D eigenvalue weighted by molar-refractivity contribution is 5.96. The van der Waals surface area contributed by atoms with Crippen molar-refractivity contribution in [3.63, 3.8) is 0 Å². The van der Waals surface area contributed by atoms with Gasteiger partial charge in [0.1, 0.15) is 6.04 Å². The molecule has 1 amide bonds. The maximum absolute atomic E-state index is 11.7. The molecule has 17 heavy (non-hydrogen) atoms. The van der Waals surface area contributed by atoms with Crippen LogP contribution in [0.25, 0.3) is 5.57 Å². The summed E-state index contributed by atoms with van der Waals surface area (Å²) >= 11 is 0. The normalized spacial score (nSPS) is 17.8. The van der Waals surface area contributed by atoms with Crippen molar-refractivity contribution in [2.24, 2.45) is 0 Å². The van der Waals surface area contributed by atoms with E-state index >= 15 is 0 Å². The van der Waals surface area contributed by atoms with Gasteiger partial charge >= 0.3 is 6.09 Å². The number of para-hydroxylation sites is 1. The van der Waals surface area contributed by atoms with E-state index in [4.69, 9.17) is 10.00 Å². The molecule has 0 saturated heterocycles. The van der Waals surface area contributed by atoms with E-state index in [2.05, 4.69) is 6.07 Å². The zero-order chi connectivity index (χ0) is 12.4. The van der Waals surface area contributed by atoms with Gasteiger partial charge in [-0.3, -0.25) is 4.90 Å². The van der Waals surface area contributed by atoms with Gasteiger partial charge in [-0.25, -0.2) is 4.79 Å². The first-order chi connectivity index (χ1) is 8.19. The minimum Gasteiger partial charge on any atom is -0.452 e.